The van der Waals surface area contributed by atoms with Gasteiger partial charge < -0.3 is 5.11 Å². The molecule has 0 aromatic carbocycles. The number of hydrogen-bond acceptors (Lipinski definition) is 2. The lowest BCUT2D eigenvalue weighted by molar-refractivity contribution is -0.148. The van der Waals surface area contributed by atoms with Crippen LogP contribution in [0.3, 0.4) is 0 Å². The Labute approximate surface area is 98.4 Å². The average molecular weight is 224 g/mol. The fourth-order valence-electron chi connectivity index (χ4n) is 4.41. The van der Waals surface area contributed by atoms with Crippen molar-refractivity contribution >= 4 is 5.78 Å². The molecule has 2 heteroatoms. The smallest absolute Gasteiger partial charge is 0.164 e. The molecule has 0 unspecified atom stereocenters. The fraction of sp³-hybridized carbons (Fsp3) is 0.929. The first-order chi connectivity index (χ1) is 7.29. The molecule has 0 saturated heterocycles. The Morgan fingerprint density at radius 2 is 1.69 bits per heavy atom. The highest BCUT2D eigenvalue weighted by Gasteiger charge is 2.61. The van der Waals surface area contributed by atoms with Gasteiger partial charge in [-0.2, -0.15) is 0 Å². The molecule has 2 saturated carbocycles. The van der Waals surface area contributed by atoms with E-state index >= 15 is 0 Å². The first-order valence-electron chi connectivity index (χ1n) is 6.55. The van der Waals surface area contributed by atoms with Crippen LogP contribution in [0.1, 0.15) is 53.4 Å². The molecule has 16 heavy (non-hydrogen) atoms. The van der Waals surface area contributed by atoms with E-state index in [-0.39, 0.29) is 11.2 Å². The van der Waals surface area contributed by atoms with E-state index in [1.165, 1.54) is 6.42 Å². The van der Waals surface area contributed by atoms with Crippen molar-refractivity contribution in [1.82, 2.24) is 0 Å². The van der Waals surface area contributed by atoms with Crippen molar-refractivity contribution in [2.45, 2.75) is 59.0 Å². The third-order valence-electron chi connectivity index (χ3n) is 5.18. The van der Waals surface area contributed by atoms with Crippen LogP contribution in [0.15, 0.2) is 0 Å². The van der Waals surface area contributed by atoms with E-state index in [2.05, 4.69) is 20.8 Å². The van der Waals surface area contributed by atoms with Crippen LogP contribution >= 0.6 is 0 Å². The lowest BCUT2D eigenvalue weighted by Crippen LogP contribution is -2.51. The highest BCUT2D eigenvalue weighted by atomic mass is 16.3. The average Bonchev–Trinajstić information content (AvgIpc) is 2.27. The van der Waals surface area contributed by atoms with Crippen molar-refractivity contribution in [1.29, 1.82) is 0 Å². The van der Waals surface area contributed by atoms with Crippen molar-refractivity contribution in [2.75, 3.05) is 0 Å². The zero-order chi connectivity index (χ0) is 12.1. The van der Waals surface area contributed by atoms with E-state index in [1.807, 2.05) is 0 Å². The van der Waals surface area contributed by atoms with Crippen molar-refractivity contribution < 1.29 is 9.90 Å². The summed E-state index contributed by atoms with van der Waals surface area (Å²) in [6, 6.07) is 0. The minimum absolute atomic E-state index is 0.0568. The molecule has 2 aliphatic carbocycles. The molecular weight excluding hydrogens is 200 g/mol. The minimum Gasteiger partial charge on any atom is -0.382 e. The Balaban J connectivity index is 2.38. The van der Waals surface area contributed by atoms with Crippen molar-refractivity contribution in [3.8, 4) is 0 Å². The molecule has 0 bridgehead atoms. The Hall–Kier alpha value is -0.370. The molecule has 92 valence electrons. The summed E-state index contributed by atoms with van der Waals surface area (Å²) in [5.74, 6) is 1.65. The Bertz CT molecular complexity index is 296. The first-order valence-corrected chi connectivity index (χ1v) is 6.55. The van der Waals surface area contributed by atoms with Crippen LogP contribution in [-0.4, -0.2) is 16.5 Å². The lowest BCUT2D eigenvalue weighted by atomic mass is 9.57. The number of carbonyl (C=O) groups excluding carboxylic acids is 1. The predicted molar refractivity (Wildman–Crippen MR) is 64.0 cm³/mol. The molecule has 2 aliphatic rings. The second-order valence-corrected chi connectivity index (χ2v) is 6.61. The molecule has 1 N–H and O–H groups in total. The Morgan fingerprint density at radius 3 is 2.06 bits per heavy atom. The van der Waals surface area contributed by atoms with Gasteiger partial charge in [-0.1, -0.05) is 20.8 Å². The third kappa shape index (κ3) is 1.46. The molecule has 0 radical (unpaired) electrons. The van der Waals surface area contributed by atoms with Crippen molar-refractivity contribution in [3.05, 3.63) is 0 Å². The summed E-state index contributed by atoms with van der Waals surface area (Å²) < 4.78 is 0. The zero-order valence-corrected chi connectivity index (χ0v) is 10.9. The largest absolute Gasteiger partial charge is 0.382 e. The molecule has 0 aromatic heterocycles. The summed E-state index contributed by atoms with van der Waals surface area (Å²) in [4.78, 5) is 11.9. The Kier molecular flexibility index (Phi) is 2.69. The van der Waals surface area contributed by atoms with Gasteiger partial charge in [0.25, 0.3) is 0 Å². The Morgan fingerprint density at radius 1 is 1.19 bits per heavy atom. The van der Waals surface area contributed by atoms with Crippen molar-refractivity contribution in [2.24, 2.45) is 23.2 Å². The van der Waals surface area contributed by atoms with Gasteiger partial charge in [0.2, 0.25) is 0 Å². The van der Waals surface area contributed by atoms with Crippen LogP contribution in [-0.2, 0) is 4.79 Å². The first kappa shape index (κ1) is 12.1. The highest BCUT2D eigenvalue weighted by Crippen LogP contribution is 2.58. The molecule has 2 fully saturated rings. The van der Waals surface area contributed by atoms with E-state index in [4.69, 9.17) is 0 Å². The second-order valence-electron chi connectivity index (χ2n) is 6.61. The summed E-state index contributed by atoms with van der Waals surface area (Å²) in [5, 5.41) is 10.6. The molecule has 0 aliphatic heterocycles. The summed E-state index contributed by atoms with van der Waals surface area (Å²) in [6.45, 7) is 8.40. The van der Waals surface area contributed by atoms with E-state index in [1.54, 1.807) is 6.92 Å². The standard InChI is InChI=1S/C14H24O2/c1-9-5-10(2)8-14(7-9)11(3)6-12(15)13(14,4)16/h9-11,16H,5-8H2,1-4H3/t9-,10+,11-,13-,14+/m0/s1. The number of ketones is 1. The SMILES string of the molecule is C[C@@H]1C[C@H](C)C[C@@]2(C1)[C@@H](C)CC(=O)[C@]2(C)O. The highest BCUT2D eigenvalue weighted by molar-refractivity contribution is 5.90. The van der Waals surface area contributed by atoms with Gasteiger partial charge in [-0.15, -0.1) is 0 Å². The van der Waals surface area contributed by atoms with Gasteiger partial charge in [0.1, 0.15) is 5.60 Å². The maximum absolute atomic E-state index is 11.9. The van der Waals surface area contributed by atoms with Gasteiger partial charge in [-0.05, 0) is 43.9 Å². The third-order valence-corrected chi connectivity index (χ3v) is 5.18. The number of Topliss-reactive ketones (excluding diaryl/α,β-unsaturated/α-hetero) is 1. The molecular formula is C14H24O2. The van der Waals surface area contributed by atoms with Gasteiger partial charge in [-0.25, -0.2) is 0 Å². The van der Waals surface area contributed by atoms with Crippen LogP contribution < -0.4 is 0 Å². The quantitative estimate of drug-likeness (QED) is 0.687. The van der Waals surface area contributed by atoms with Crippen LogP contribution in [0.2, 0.25) is 0 Å². The maximum atomic E-state index is 11.9. The zero-order valence-electron chi connectivity index (χ0n) is 10.9. The van der Waals surface area contributed by atoms with Crippen LogP contribution in [0, 0.1) is 23.2 Å². The summed E-state index contributed by atoms with van der Waals surface area (Å²) in [7, 11) is 0. The number of aliphatic hydroxyl groups is 1. The maximum Gasteiger partial charge on any atom is 0.164 e. The number of rotatable bonds is 0. The van der Waals surface area contributed by atoms with Gasteiger partial charge in [0.15, 0.2) is 5.78 Å². The van der Waals surface area contributed by atoms with E-state index in [0.29, 0.717) is 24.2 Å². The normalized spacial score (nSPS) is 53.6. The molecule has 0 aromatic rings. The van der Waals surface area contributed by atoms with Gasteiger partial charge in [0.05, 0.1) is 0 Å². The summed E-state index contributed by atoms with van der Waals surface area (Å²) in [6.07, 6.45) is 3.82. The molecule has 2 nitrogen and oxygen atoms in total. The topological polar surface area (TPSA) is 37.3 Å². The van der Waals surface area contributed by atoms with Crippen molar-refractivity contribution in [3.63, 3.8) is 0 Å². The molecule has 1 spiro atoms. The molecule has 2 rings (SSSR count). The van der Waals surface area contributed by atoms with Crippen LogP contribution in [0.25, 0.3) is 0 Å². The fourth-order valence-corrected chi connectivity index (χ4v) is 4.41. The van der Waals surface area contributed by atoms with Gasteiger partial charge in [0, 0.05) is 11.8 Å². The molecule has 0 heterocycles. The summed E-state index contributed by atoms with van der Waals surface area (Å²) >= 11 is 0. The van der Waals surface area contributed by atoms with E-state index < -0.39 is 5.60 Å². The predicted octanol–water partition coefficient (Wildman–Crippen LogP) is 2.79. The van der Waals surface area contributed by atoms with Crippen LogP contribution in [0.4, 0.5) is 0 Å². The van der Waals surface area contributed by atoms with Gasteiger partial charge in [-0.3, -0.25) is 4.79 Å². The van der Waals surface area contributed by atoms with E-state index in [9.17, 15) is 9.90 Å². The molecule has 0 amide bonds. The monoisotopic (exact) mass is 224 g/mol. The van der Waals surface area contributed by atoms with Gasteiger partial charge >= 0.3 is 0 Å². The summed E-state index contributed by atoms with van der Waals surface area (Å²) in [5.41, 5.74) is -1.24. The molecule has 5 atom stereocenters. The van der Waals surface area contributed by atoms with Crippen LogP contribution in [0.5, 0.6) is 0 Å². The van der Waals surface area contributed by atoms with E-state index in [0.717, 1.165) is 12.8 Å². The minimum atomic E-state index is -1.09. The second kappa shape index (κ2) is 3.56. The number of carbonyl (C=O) groups is 1. The lowest BCUT2D eigenvalue weighted by Gasteiger charge is -2.49. The number of hydrogen-bond donors (Lipinski definition) is 1.